The number of rotatable bonds is 7. The summed E-state index contributed by atoms with van der Waals surface area (Å²) in [5.41, 5.74) is 5.86. The first-order valence-electron chi connectivity index (χ1n) is 14.5. The fourth-order valence-corrected chi connectivity index (χ4v) is 6.58. The number of carbonyl (C=O) groups excluding carboxylic acids is 2. The molecule has 0 saturated carbocycles. The van der Waals surface area contributed by atoms with Crippen molar-refractivity contribution < 1.29 is 19.5 Å². The number of fused-ring (bicyclic) bond motifs is 1. The van der Waals surface area contributed by atoms with Crippen LogP contribution < -0.4 is 4.90 Å². The lowest BCUT2D eigenvalue weighted by Crippen LogP contribution is -2.44. The molecule has 3 heterocycles. The van der Waals surface area contributed by atoms with Crippen molar-refractivity contribution in [2.45, 2.75) is 40.0 Å². The van der Waals surface area contributed by atoms with Crippen LogP contribution in [0.4, 0.5) is 10.5 Å². The second-order valence-corrected chi connectivity index (χ2v) is 12.1. The van der Waals surface area contributed by atoms with Crippen LogP contribution in [0.3, 0.4) is 0 Å². The largest absolute Gasteiger partial charge is 0.465 e. The van der Waals surface area contributed by atoms with Gasteiger partial charge in [0.2, 0.25) is 5.91 Å². The van der Waals surface area contributed by atoms with E-state index in [-0.39, 0.29) is 17.7 Å². The Balaban J connectivity index is 1.20. The molecule has 3 amide bonds. The van der Waals surface area contributed by atoms with Crippen molar-refractivity contribution in [2.75, 3.05) is 50.7 Å². The molecule has 1 unspecified atom stereocenters. The first kappa shape index (κ1) is 29.1. The minimum Gasteiger partial charge on any atom is -0.465 e. The zero-order chi connectivity index (χ0) is 29.3. The number of likely N-dealkylation sites (tertiary alicyclic amines) is 2. The number of benzene rings is 2. The van der Waals surface area contributed by atoms with Crippen LogP contribution in [0.25, 0.3) is 0 Å². The second kappa shape index (κ2) is 12.2. The van der Waals surface area contributed by atoms with Crippen LogP contribution in [-0.4, -0.2) is 83.5 Å². The first-order chi connectivity index (χ1) is 19.6. The van der Waals surface area contributed by atoms with Crippen molar-refractivity contribution in [3.63, 3.8) is 0 Å². The molecular formula is C32H39ClN4O4. The van der Waals surface area contributed by atoms with E-state index in [2.05, 4.69) is 4.90 Å². The normalized spacial score (nSPS) is 19.3. The predicted molar refractivity (Wildman–Crippen MR) is 160 cm³/mol. The van der Waals surface area contributed by atoms with E-state index in [9.17, 15) is 19.5 Å². The summed E-state index contributed by atoms with van der Waals surface area (Å²) in [7, 11) is 0. The molecule has 1 atom stereocenters. The molecule has 0 bridgehead atoms. The number of hydrogen-bond donors (Lipinski definition) is 1. The van der Waals surface area contributed by atoms with Crippen molar-refractivity contribution in [3.05, 3.63) is 75.4 Å². The molecule has 0 aromatic heterocycles. The van der Waals surface area contributed by atoms with Crippen molar-refractivity contribution in [1.29, 1.82) is 0 Å². The third-order valence-electron chi connectivity index (χ3n) is 8.81. The number of aryl methyl sites for hydroxylation is 3. The van der Waals surface area contributed by atoms with Gasteiger partial charge in [-0.05, 0) is 74.4 Å². The van der Waals surface area contributed by atoms with E-state index >= 15 is 0 Å². The molecule has 2 fully saturated rings. The highest BCUT2D eigenvalue weighted by Gasteiger charge is 2.36. The average Bonchev–Trinajstić information content (AvgIpc) is 3.51. The molecule has 0 spiro atoms. The Hall–Kier alpha value is -3.36. The first-order valence-corrected chi connectivity index (χ1v) is 14.9. The van der Waals surface area contributed by atoms with E-state index in [1.165, 1.54) is 10.5 Å². The molecule has 0 radical (unpaired) electrons. The van der Waals surface area contributed by atoms with E-state index in [1.54, 1.807) is 0 Å². The topological polar surface area (TPSA) is 84.4 Å². The number of piperidine rings is 1. The van der Waals surface area contributed by atoms with Crippen LogP contribution in [0, 0.1) is 32.6 Å². The number of nitrogens with zero attached hydrogens (tertiary/aromatic N) is 4. The highest BCUT2D eigenvalue weighted by molar-refractivity contribution is 6.31. The highest BCUT2D eigenvalue weighted by Crippen LogP contribution is 2.32. The molecule has 3 aliphatic rings. The molecule has 218 valence electrons. The van der Waals surface area contributed by atoms with E-state index in [1.807, 2.05) is 73.2 Å². The Morgan fingerprint density at radius 3 is 2.34 bits per heavy atom. The molecule has 9 heteroatoms. The van der Waals surface area contributed by atoms with Crippen molar-refractivity contribution >= 4 is 35.2 Å². The maximum atomic E-state index is 13.7. The van der Waals surface area contributed by atoms with Gasteiger partial charge in [0.15, 0.2) is 0 Å². The third-order valence-corrected chi connectivity index (χ3v) is 9.21. The van der Waals surface area contributed by atoms with Crippen molar-refractivity contribution in [1.82, 2.24) is 14.7 Å². The Kier molecular flexibility index (Phi) is 8.71. The van der Waals surface area contributed by atoms with E-state index < -0.39 is 6.09 Å². The zero-order valence-corrected chi connectivity index (χ0v) is 24.9. The molecule has 5 rings (SSSR count). The number of halogens is 1. The molecule has 2 aromatic carbocycles. The Morgan fingerprint density at radius 2 is 1.71 bits per heavy atom. The zero-order valence-electron chi connectivity index (χ0n) is 24.1. The maximum absolute atomic E-state index is 13.7. The molecule has 2 saturated heterocycles. The summed E-state index contributed by atoms with van der Waals surface area (Å²) in [5, 5.41) is 9.92. The molecule has 8 nitrogen and oxygen atoms in total. The lowest BCUT2D eigenvalue weighted by atomic mass is 9.95. The van der Waals surface area contributed by atoms with E-state index in [0.29, 0.717) is 50.0 Å². The van der Waals surface area contributed by atoms with Crippen molar-refractivity contribution in [3.8, 4) is 0 Å². The Morgan fingerprint density at radius 1 is 1.00 bits per heavy atom. The summed E-state index contributed by atoms with van der Waals surface area (Å²) in [5.74, 6) is 0.254. The van der Waals surface area contributed by atoms with E-state index in [0.717, 1.165) is 54.0 Å². The minimum atomic E-state index is -0.929. The fourth-order valence-electron chi connectivity index (χ4n) is 6.41. The number of carboxylic acid groups (broad SMARTS) is 1. The van der Waals surface area contributed by atoms with Crippen LogP contribution >= 0.6 is 11.6 Å². The van der Waals surface area contributed by atoms with Gasteiger partial charge in [0.05, 0.1) is 0 Å². The van der Waals surface area contributed by atoms with Crippen molar-refractivity contribution in [2.24, 2.45) is 11.8 Å². The molecule has 2 aromatic rings. The summed E-state index contributed by atoms with van der Waals surface area (Å²) in [6, 6.07) is 11.7. The maximum Gasteiger partial charge on any atom is 0.407 e. The lowest BCUT2D eigenvalue weighted by Gasteiger charge is -2.33. The molecular weight excluding hydrogens is 540 g/mol. The Bertz CT molecular complexity index is 1350. The molecule has 0 aliphatic carbocycles. The second-order valence-electron chi connectivity index (χ2n) is 11.7. The molecule has 3 aliphatic heterocycles. The number of amides is 3. The number of carbonyl (C=O) groups is 3. The standard InChI is InChI=1S/C32H39ClN4O4/c1-21-8-9-27(16-28(21)33)37(30(38)24-10-14-35(15-11-24)32(40)41)13-5-12-34-17-25-19-36(20-26(25)18-34)31(39)29-22(2)6-4-7-23(29)3/h4,6-9,16,19,24,26H,5,10-15,17-18,20H2,1-3H3,(H,40,41). The van der Waals surface area contributed by atoms with Crippen LogP contribution in [-0.2, 0) is 4.79 Å². The van der Waals surface area contributed by atoms with Crippen LogP contribution in [0.1, 0.15) is 46.3 Å². The van der Waals surface area contributed by atoms with Gasteiger partial charge in [0, 0.05) is 80.1 Å². The minimum absolute atomic E-state index is 0.0385. The predicted octanol–water partition coefficient (Wildman–Crippen LogP) is 5.35. The van der Waals surface area contributed by atoms with Gasteiger partial charge in [-0.3, -0.25) is 14.5 Å². The van der Waals surface area contributed by atoms with Gasteiger partial charge >= 0.3 is 6.09 Å². The number of anilines is 1. The SMILES string of the molecule is Cc1ccc(N(CCCN2CC3=CN(C(=O)c4c(C)cccc4C)CC3C2)C(=O)C2CCN(C(=O)O)CC2)cc1Cl. The van der Waals surface area contributed by atoms with Crippen LogP contribution in [0.15, 0.2) is 48.2 Å². The smallest absolute Gasteiger partial charge is 0.407 e. The van der Waals surface area contributed by atoms with Crippen LogP contribution in [0.5, 0.6) is 0 Å². The quantitative estimate of drug-likeness (QED) is 0.479. The van der Waals surface area contributed by atoms with Gasteiger partial charge in [-0.1, -0.05) is 35.9 Å². The summed E-state index contributed by atoms with van der Waals surface area (Å²) < 4.78 is 0. The molecule has 41 heavy (non-hydrogen) atoms. The lowest BCUT2D eigenvalue weighted by molar-refractivity contribution is -0.123. The van der Waals surface area contributed by atoms with Gasteiger partial charge in [0.1, 0.15) is 0 Å². The third kappa shape index (κ3) is 6.28. The highest BCUT2D eigenvalue weighted by atomic mass is 35.5. The van der Waals surface area contributed by atoms with Crippen LogP contribution in [0.2, 0.25) is 5.02 Å². The fraction of sp³-hybridized carbons (Fsp3) is 0.469. The number of hydrogen-bond acceptors (Lipinski definition) is 4. The van der Waals surface area contributed by atoms with Gasteiger partial charge in [0.25, 0.3) is 5.91 Å². The monoisotopic (exact) mass is 578 g/mol. The summed E-state index contributed by atoms with van der Waals surface area (Å²) in [6.07, 6.45) is 2.98. The summed E-state index contributed by atoms with van der Waals surface area (Å²) >= 11 is 6.43. The van der Waals surface area contributed by atoms with Gasteiger partial charge in [-0.15, -0.1) is 0 Å². The Labute approximate surface area is 247 Å². The van der Waals surface area contributed by atoms with Gasteiger partial charge in [-0.2, -0.15) is 0 Å². The van der Waals surface area contributed by atoms with Gasteiger partial charge in [-0.25, -0.2) is 4.79 Å². The summed E-state index contributed by atoms with van der Waals surface area (Å²) in [4.78, 5) is 45.8. The molecule has 1 N–H and O–H groups in total. The van der Waals surface area contributed by atoms with Gasteiger partial charge < -0.3 is 19.8 Å². The average molecular weight is 579 g/mol. The summed E-state index contributed by atoms with van der Waals surface area (Å²) in [6.45, 7) is 10.5. The van der Waals surface area contributed by atoms with E-state index in [4.69, 9.17) is 11.6 Å².